The molecule has 0 aromatic rings. The molecular weight excluding hydrogens is 610 g/mol. The Morgan fingerprint density at radius 1 is 0.615 bits per heavy atom. The summed E-state index contributed by atoms with van der Waals surface area (Å²) in [7, 11) is -15.0. The van der Waals surface area contributed by atoms with Gasteiger partial charge in [0.2, 0.25) is 7.38 Å². The lowest BCUT2D eigenvalue weighted by atomic mass is 10.1. The third kappa shape index (κ3) is 18.9. The van der Waals surface area contributed by atoms with Gasteiger partial charge in [-0.05, 0) is 38.5 Å². The predicted molar refractivity (Wildman–Crippen MR) is 149 cm³/mol. The number of hydrogen-bond acceptors (Lipinski definition) is 4. The molecule has 0 aromatic heterocycles. The van der Waals surface area contributed by atoms with Crippen LogP contribution in [0.4, 0.5) is 26.3 Å². The minimum Gasteiger partial charge on any atom is -0.421 e. The number of halogens is 7. The Bertz CT molecular complexity index is 792. The molecule has 0 aliphatic heterocycles. The van der Waals surface area contributed by atoms with Crippen LogP contribution in [0.3, 0.4) is 0 Å². The normalized spacial score (nSPS) is 13.7. The van der Waals surface area contributed by atoms with Gasteiger partial charge in [0, 0.05) is 0 Å². The zero-order valence-electron chi connectivity index (χ0n) is 23.8. The first-order chi connectivity index (χ1) is 17.6. The van der Waals surface area contributed by atoms with Crippen molar-refractivity contribution in [2.75, 3.05) is 25.8 Å². The van der Waals surface area contributed by atoms with Crippen LogP contribution in [0, 0.1) is 0 Å². The molecule has 0 N–H and O–H groups in total. The van der Waals surface area contributed by atoms with Crippen molar-refractivity contribution >= 4 is 38.5 Å². The summed E-state index contributed by atoms with van der Waals surface area (Å²) in [6.45, 7) is 15.8. The molecule has 0 fully saturated rings. The van der Waals surface area contributed by atoms with Crippen LogP contribution in [0.25, 0.3) is 4.13 Å². The van der Waals surface area contributed by atoms with Crippen molar-refractivity contribution in [2.24, 2.45) is 0 Å². The van der Waals surface area contributed by atoms with Gasteiger partial charge in [-0.2, -0.15) is 37.4 Å². The second kappa shape index (κ2) is 18.4. The van der Waals surface area contributed by atoms with Gasteiger partial charge in [-0.15, -0.1) is 0 Å². The van der Waals surface area contributed by atoms with Gasteiger partial charge in [-0.1, -0.05) is 72.4 Å². The number of alkyl halides is 6. The largest absolute Gasteiger partial charge is 0.480 e. The molecule has 0 bridgehead atoms. The monoisotopic (exact) mass is 656 g/mol. The average molecular weight is 657 g/mol. The number of sulfonamides is 2. The molecule has 0 atom stereocenters. The molecule has 0 aromatic carbocycles. The maximum absolute atomic E-state index is 11.4. The van der Waals surface area contributed by atoms with Crippen molar-refractivity contribution in [3.8, 4) is 0 Å². The van der Waals surface area contributed by atoms with Gasteiger partial charge < -0.3 is 8.61 Å². The summed E-state index contributed by atoms with van der Waals surface area (Å²) >= 11 is 6.86. The molecule has 0 unspecified atom stereocenters. The van der Waals surface area contributed by atoms with Crippen molar-refractivity contribution in [3.05, 3.63) is 4.13 Å². The Morgan fingerprint density at radius 2 is 0.897 bits per heavy atom. The highest BCUT2D eigenvalue weighted by atomic mass is 35.6. The number of nitrogens with zero attached hydrogens (tertiary/aromatic N) is 2. The van der Waals surface area contributed by atoms with E-state index in [9.17, 15) is 43.2 Å². The second-order valence-electron chi connectivity index (χ2n) is 10.5. The Morgan fingerprint density at radius 3 is 1.10 bits per heavy atom. The molecule has 0 aliphatic carbocycles. The molecule has 238 valence electrons. The molecule has 16 heteroatoms. The van der Waals surface area contributed by atoms with Crippen LogP contribution in [0.5, 0.6) is 0 Å². The standard InChI is InChI=1S/C21H47ClNSi.C2F6NO4S2/c1-6-9-12-15-18-23(21-24(4,5)22,19-16-13-10-7-2)20-17-14-11-8-3;3-1(4,5)14(10,11)9-15(12,13)2(6,7)8/h6-21H2,1-5H3;/q+1;-1. The highest BCUT2D eigenvalue weighted by Gasteiger charge is 2.47. The highest BCUT2D eigenvalue weighted by molar-refractivity contribution is 8.13. The van der Waals surface area contributed by atoms with Gasteiger partial charge in [-0.3, -0.25) is 0 Å². The minimum absolute atomic E-state index is 0.778. The SMILES string of the molecule is CCCCCC[N+](CCCCCC)(CCCCCC)C[Si](C)(C)Cl.O=S(=O)([N-]S(=O)(=O)C(F)(F)F)C(F)(F)F. The summed E-state index contributed by atoms with van der Waals surface area (Å²) in [5.74, 6) is 0. The fourth-order valence-electron chi connectivity index (χ4n) is 4.21. The number of rotatable bonds is 19. The zero-order valence-corrected chi connectivity index (χ0v) is 27.2. The molecule has 6 nitrogen and oxygen atoms in total. The lowest BCUT2D eigenvalue weighted by Gasteiger charge is -2.42. The molecule has 0 saturated heterocycles. The van der Waals surface area contributed by atoms with E-state index in [1.807, 2.05) is 0 Å². The highest BCUT2D eigenvalue weighted by Crippen LogP contribution is 2.36. The third-order valence-corrected chi connectivity index (χ3v) is 10.5. The zero-order chi connectivity index (χ0) is 31.0. The van der Waals surface area contributed by atoms with Crippen molar-refractivity contribution < 1.29 is 47.7 Å². The predicted octanol–water partition coefficient (Wildman–Crippen LogP) is 8.59. The van der Waals surface area contributed by atoms with E-state index in [-0.39, 0.29) is 0 Å². The third-order valence-electron chi connectivity index (χ3n) is 5.95. The Balaban J connectivity index is 0. The van der Waals surface area contributed by atoms with E-state index in [1.54, 1.807) is 0 Å². The smallest absolute Gasteiger partial charge is 0.421 e. The van der Waals surface area contributed by atoms with Gasteiger partial charge in [0.15, 0.2) is 20.0 Å². The molecule has 0 saturated carbocycles. The van der Waals surface area contributed by atoms with Crippen LogP contribution in [0.2, 0.25) is 13.1 Å². The molecule has 0 spiro atoms. The number of quaternary nitrogens is 1. The fraction of sp³-hybridized carbons (Fsp3) is 1.00. The topological polar surface area (TPSA) is 82.4 Å². The minimum atomic E-state index is -6.72. The summed E-state index contributed by atoms with van der Waals surface area (Å²) in [4.78, 5) is 0. The molecule has 0 amide bonds. The van der Waals surface area contributed by atoms with E-state index in [4.69, 9.17) is 11.1 Å². The van der Waals surface area contributed by atoms with Gasteiger partial charge in [0.05, 0.1) is 25.8 Å². The Hall–Kier alpha value is -0.0931. The summed E-state index contributed by atoms with van der Waals surface area (Å²) < 4.78 is 111. The molecule has 0 aliphatic rings. The first-order valence-electron chi connectivity index (χ1n) is 13.5. The van der Waals surface area contributed by atoms with Crippen LogP contribution >= 0.6 is 11.1 Å². The van der Waals surface area contributed by atoms with Crippen LogP contribution in [-0.4, -0.2) is 65.5 Å². The summed E-state index contributed by atoms with van der Waals surface area (Å²) in [5.41, 5.74) is -12.4. The first kappa shape index (κ1) is 41.0. The van der Waals surface area contributed by atoms with E-state index in [0.717, 1.165) is 4.13 Å². The Labute approximate surface area is 237 Å². The maximum Gasteiger partial charge on any atom is 0.480 e. The maximum atomic E-state index is 11.4. The Kier molecular flexibility index (Phi) is 19.4. The second-order valence-corrected chi connectivity index (χ2v) is 20.7. The summed E-state index contributed by atoms with van der Waals surface area (Å²) in [6, 6.07) is 0. The van der Waals surface area contributed by atoms with E-state index in [1.165, 1.54) is 107 Å². The van der Waals surface area contributed by atoms with E-state index in [0.29, 0.717) is 0 Å². The van der Waals surface area contributed by atoms with Crippen molar-refractivity contribution in [1.29, 1.82) is 0 Å². The van der Waals surface area contributed by atoms with Crippen LogP contribution < -0.4 is 0 Å². The van der Waals surface area contributed by atoms with Gasteiger partial charge in [0.25, 0.3) is 0 Å². The van der Waals surface area contributed by atoms with E-state index >= 15 is 0 Å². The van der Waals surface area contributed by atoms with Crippen molar-refractivity contribution in [3.63, 3.8) is 0 Å². The number of unbranched alkanes of at least 4 members (excludes halogenated alkanes) is 9. The molecule has 39 heavy (non-hydrogen) atoms. The fourth-order valence-corrected chi connectivity index (χ4v) is 8.75. The molecular formula is C23H47ClF6N2O4S2Si. The van der Waals surface area contributed by atoms with Crippen molar-refractivity contribution in [1.82, 2.24) is 0 Å². The lowest BCUT2D eigenvalue weighted by Crippen LogP contribution is -2.56. The summed E-state index contributed by atoms with van der Waals surface area (Å²) in [6.07, 6.45) is 17.9. The van der Waals surface area contributed by atoms with E-state index < -0.39 is 38.4 Å². The summed E-state index contributed by atoms with van der Waals surface area (Å²) in [5, 5.41) is 0. The quantitative estimate of drug-likeness (QED) is 0.0458. The molecule has 0 rings (SSSR count). The van der Waals surface area contributed by atoms with Gasteiger partial charge in [0.1, 0.15) is 0 Å². The van der Waals surface area contributed by atoms with Crippen LogP contribution in [0.15, 0.2) is 0 Å². The van der Waals surface area contributed by atoms with Crippen LogP contribution in [0.1, 0.15) is 97.8 Å². The van der Waals surface area contributed by atoms with Gasteiger partial charge >= 0.3 is 11.0 Å². The molecule has 0 heterocycles. The van der Waals surface area contributed by atoms with Gasteiger partial charge in [-0.25, -0.2) is 16.8 Å². The number of hydrogen-bond donors (Lipinski definition) is 0. The van der Waals surface area contributed by atoms with Crippen molar-refractivity contribution in [2.45, 2.75) is 122 Å². The molecule has 0 radical (unpaired) electrons. The first-order valence-corrected chi connectivity index (χ1v) is 20.6. The average Bonchev–Trinajstić information content (AvgIpc) is 2.74. The van der Waals surface area contributed by atoms with Crippen LogP contribution in [-0.2, 0) is 20.0 Å². The lowest BCUT2D eigenvalue weighted by molar-refractivity contribution is -0.919. The van der Waals surface area contributed by atoms with E-state index in [2.05, 4.69) is 33.9 Å².